The molecule has 7 heteroatoms. The van der Waals surface area contributed by atoms with E-state index in [0.717, 1.165) is 28.1 Å². The molecule has 1 amide bonds. The summed E-state index contributed by atoms with van der Waals surface area (Å²) in [4.78, 5) is 19.9. The molecule has 0 unspecified atom stereocenters. The molecular weight excluding hydrogens is 384 g/mol. The van der Waals surface area contributed by atoms with Gasteiger partial charge in [-0.05, 0) is 37.1 Å². The molecule has 2 aliphatic heterocycles. The lowest BCUT2D eigenvalue weighted by molar-refractivity contribution is 0.0734. The van der Waals surface area contributed by atoms with Crippen LogP contribution in [-0.2, 0) is 0 Å². The van der Waals surface area contributed by atoms with E-state index in [0.29, 0.717) is 41.8 Å². The number of nitrogens with zero attached hydrogens (tertiary/aromatic N) is 2. The average molecular weight is 401 g/mol. The predicted octanol–water partition coefficient (Wildman–Crippen LogP) is 4.70. The van der Waals surface area contributed by atoms with Crippen molar-refractivity contribution in [3.8, 4) is 11.5 Å². The van der Waals surface area contributed by atoms with Crippen molar-refractivity contribution in [1.29, 1.82) is 0 Å². The first-order chi connectivity index (χ1) is 13.2. The van der Waals surface area contributed by atoms with Crippen molar-refractivity contribution in [3.05, 3.63) is 52.0 Å². The van der Waals surface area contributed by atoms with Crippen molar-refractivity contribution in [2.75, 3.05) is 19.8 Å². The molecule has 2 aliphatic rings. The van der Waals surface area contributed by atoms with E-state index in [9.17, 15) is 4.79 Å². The highest BCUT2D eigenvalue weighted by molar-refractivity contribution is 7.18. The van der Waals surface area contributed by atoms with Gasteiger partial charge < -0.3 is 14.4 Å². The van der Waals surface area contributed by atoms with Gasteiger partial charge in [0.2, 0.25) is 0 Å². The highest BCUT2D eigenvalue weighted by atomic mass is 35.5. The second kappa shape index (κ2) is 6.69. The number of carbonyl (C=O) groups excluding carboxylic acids is 1. The Bertz CT molecular complexity index is 1000. The van der Waals surface area contributed by atoms with Gasteiger partial charge in [-0.2, -0.15) is 0 Å². The largest absolute Gasteiger partial charge is 0.486 e. The molecule has 2 aromatic carbocycles. The van der Waals surface area contributed by atoms with E-state index in [2.05, 4.69) is 6.07 Å². The normalized spacial score (nSPS) is 18.9. The van der Waals surface area contributed by atoms with Crippen molar-refractivity contribution < 1.29 is 14.3 Å². The van der Waals surface area contributed by atoms with Crippen molar-refractivity contribution in [1.82, 2.24) is 9.88 Å². The monoisotopic (exact) mass is 400 g/mol. The minimum absolute atomic E-state index is 0.00174. The predicted molar refractivity (Wildman–Crippen MR) is 105 cm³/mol. The molecular formula is C20H17ClN2O3S. The molecule has 5 rings (SSSR count). The summed E-state index contributed by atoms with van der Waals surface area (Å²) in [5.74, 6) is 1.01. The zero-order valence-electron chi connectivity index (χ0n) is 14.5. The average Bonchev–Trinajstić information content (AvgIpc) is 3.34. The number of hydrogen-bond donors (Lipinski definition) is 0. The second-order valence-corrected chi connectivity index (χ2v) is 8.13. The van der Waals surface area contributed by atoms with Crippen molar-refractivity contribution in [2.45, 2.75) is 18.9 Å². The lowest BCUT2D eigenvalue weighted by Gasteiger charge is -2.25. The number of likely N-dealkylation sites (tertiary alicyclic amines) is 1. The number of rotatable bonds is 2. The molecule has 0 bridgehead atoms. The van der Waals surface area contributed by atoms with Gasteiger partial charge in [0.25, 0.3) is 5.91 Å². The molecule has 1 aromatic heterocycles. The summed E-state index contributed by atoms with van der Waals surface area (Å²) in [6.07, 6.45) is 1.88. The van der Waals surface area contributed by atoms with E-state index in [4.69, 9.17) is 26.1 Å². The van der Waals surface area contributed by atoms with Crippen LogP contribution in [0.5, 0.6) is 11.5 Å². The summed E-state index contributed by atoms with van der Waals surface area (Å²) >= 11 is 7.98. The van der Waals surface area contributed by atoms with E-state index in [1.165, 1.54) is 0 Å². The van der Waals surface area contributed by atoms with Crippen LogP contribution in [0.15, 0.2) is 36.4 Å². The van der Waals surface area contributed by atoms with Crippen LogP contribution < -0.4 is 9.47 Å². The number of fused-ring (bicyclic) bond motifs is 2. The smallest absolute Gasteiger partial charge is 0.254 e. The Morgan fingerprint density at radius 1 is 1.22 bits per heavy atom. The number of thiazole rings is 1. The summed E-state index contributed by atoms with van der Waals surface area (Å²) in [6, 6.07) is 11.5. The Morgan fingerprint density at radius 2 is 2.07 bits per heavy atom. The molecule has 3 heterocycles. The van der Waals surface area contributed by atoms with E-state index < -0.39 is 0 Å². The van der Waals surface area contributed by atoms with Crippen LogP contribution >= 0.6 is 22.9 Å². The van der Waals surface area contributed by atoms with Crippen LogP contribution in [0.1, 0.15) is 34.2 Å². The lowest BCUT2D eigenvalue weighted by Crippen LogP contribution is -2.30. The van der Waals surface area contributed by atoms with Crippen LogP contribution in [0.3, 0.4) is 0 Å². The highest BCUT2D eigenvalue weighted by Gasteiger charge is 2.33. The maximum Gasteiger partial charge on any atom is 0.254 e. The Labute approximate surface area is 165 Å². The highest BCUT2D eigenvalue weighted by Crippen LogP contribution is 2.41. The number of carbonyl (C=O) groups is 1. The van der Waals surface area contributed by atoms with Crippen LogP contribution in [0, 0.1) is 0 Å². The molecule has 5 nitrogen and oxygen atoms in total. The van der Waals surface area contributed by atoms with Crippen LogP contribution in [0.25, 0.3) is 10.2 Å². The Kier molecular flexibility index (Phi) is 4.17. The first kappa shape index (κ1) is 16.8. The van der Waals surface area contributed by atoms with Gasteiger partial charge in [-0.1, -0.05) is 23.7 Å². The fraction of sp³-hybridized carbons (Fsp3) is 0.300. The van der Waals surface area contributed by atoms with Crippen LogP contribution in [0.4, 0.5) is 0 Å². The maximum atomic E-state index is 13.2. The first-order valence-electron chi connectivity index (χ1n) is 8.96. The molecule has 1 atom stereocenters. The Hall–Kier alpha value is -2.31. The fourth-order valence-electron chi connectivity index (χ4n) is 3.70. The molecule has 0 radical (unpaired) electrons. The van der Waals surface area contributed by atoms with Crippen molar-refractivity contribution in [2.24, 2.45) is 0 Å². The Morgan fingerprint density at radius 3 is 2.96 bits per heavy atom. The first-order valence-corrected chi connectivity index (χ1v) is 10.2. The number of aromatic nitrogens is 1. The van der Waals surface area contributed by atoms with Crippen LogP contribution in [0.2, 0.25) is 5.02 Å². The summed E-state index contributed by atoms with van der Waals surface area (Å²) in [5, 5.41) is 1.40. The topological polar surface area (TPSA) is 51.7 Å². The SMILES string of the molecule is O=C(c1cc(Cl)c2c(c1)OCCO2)N1CCC[C@H]1c1nc2ccccc2s1. The molecule has 0 spiro atoms. The maximum absolute atomic E-state index is 13.2. The number of ether oxygens (including phenoxy) is 2. The zero-order valence-corrected chi connectivity index (χ0v) is 16.1. The number of benzene rings is 2. The number of hydrogen-bond acceptors (Lipinski definition) is 5. The van der Waals surface area contributed by atoms with E-state index >= 15 is 0 Å². The van der Waals surface area contributed by atoms with Crippen LogP contribution in [-0.4, -0.2) is 35.5 Å². The molecule has 138 valence electrons. The molecule has 0 N–H and O–H groups in total. The van der Waals surface area contributed by atoms with Gasteiger partial charge >= 0.3 is 0 Å². The third-order valence-corrected chi connectivity index (χ3v) is 6.37. The van der Waals surface area contributed by atoms with Gasteiger partial charge in [0, 0.05) is 12.1 Å². The van der Waals surface area contributed by atoms with Gasteiger partial charge in [-0.3, -0.25) is 4.79 Å². The van der Waals surface area contributed by atoms with Gasteiger partial charge in [0.1, 0.15) is 18.2 Å². The Balaban J connectivity index is 1.48. The molecule has 27 heavy (non-hydrogen) atoms. The van der Waals surface area contributed by atoms with Crippen molar-refractivity contribution >= 4 is 39.1 Å². The summed E-state index contributed by atoms with van der Waals surface area (Å²) in [7, 11) is 0. The van der Waals surface area contributed by atoms with E-state index in [1.807, 2.05) is 23.1 Å². The van der Waals surface area contributed by atoms with Gasteiger partial charge in [0.05, 0.1) is 21.3 Å². The zero-order chi connectivity index (χ0) is 18.4. The standard InChI is InChI=1S/C20H17ClN2O3S/c21-13-10-12(11-16-18(13)26-9-8-25-16)20(24)23-7-3-5-15(23)19-22-14-4-1-2-6-17(14)27-19/h1-2,4,6,10-11,15H,3,5,7-9H2/t15-/m0/s1. The molecule has 1 fully saturated rings. The molecule has 0 saturated carbocycles. The summed E-state index contributed by atoms with van der Waals surface area (Å²) in [6.45, 7) is 1.64. The fourth-order valence-corrected chi connectivity index (χ4v) is 5.08. The number of para-hydroxylation sites is 1. The van der Waals surface area contributed by atoms with E-state index in [1.54, 1.807) is 23.5 Å². The molecule has 3 aromatic rings. The number of amides is 1. The molecule has 1 saturated heterocycles. The number of halogens is 1. The van der Waals surface area contributed by atoms with Gasteiger partial charge in [-0.25, -0.2) is 4.98 Å². The quantitative estimate of drug-likeness (QED) is 0.625. The van der Waals surface area contributed by atoms with E-state index in [-0.39, 0.29) is 11.9 Å². The molecule has 0 aliphatic carbocycles. The lowest BCUT2D eigenvalue weighted by atomic mass is 10.1. The van der Waals surface area contributed by atoms with Gasteiger partial charge in [-0.15, -0.1) is 11.3 Å². The summed E-state index contributed by atoms with van der Waals surface area (Å²) < 4.78 is 12.3. The third kappa shape index (κ3) is 2.93. The second-order valence-electron chi connectivity index (χ2n) is 6.66. The minimum Gasteiger partial charge on any atom is -0.486 e. The third-order valence-electron chi connectivity index (χ3n) is 4.95. The minimum atomic E-state index is -0.0457. The van der Waals surface area contributed by atoms with Crippen molar-refractivity contribution in [3.63, 3.8) is 0 Å². The summed E-state index contributed by atoms with van der Waals surface area (Å²) in [5.41, 5.74) is 1.51. The van der Waals surface area contributed by atoms with Gasteiger partial charge in [0.15, 0.2) is 11.5 Å².